The van der Waals surface area contributed by atoms with Crippen molar-refractivity contribution >= 4 is 17.7 Å². The van der Waals surface area contributed by atoms with Crippen molar-refractivity contribution in [2.24, 2.45) is 0 Å². The molecule has 0 aromatic heterocycles. The molecule has 2 aliphatic heterocycles. The van der Waals surface area contributed by atoms with Gasteiger partial charge < -0.3 is 25.0 Å². The van der Waals surface area contributed by atoms with Crippen LogP contribution in [0.4, 0.5) is 0 Å². The van der Waals surface area contributed by atoms with E-state index in [1.54, 1.807) is 0 Å². The van der Waals surface area contributed by atoms with Crippen LogP contribution in [0.2, 0.25) is 0 Å². The molecule has 0 aliphatic carbocycles. The van der Waals surface area contributed by atoms with Crippen molar-refractivity contribution in [2.45, 2.75) is 30.0 Å². The summed E-state index contributed by atoms with van der Waals surface area (Å²) in [4.78, 5) is 11.0. The molecule has 0 bridgehead atoms. The van der Waals surface area contributed by atoms with Crippen molar-refractivity contribution in [1.82, 2.24) is 5.32 Å². The fraction of sp³-hybridized carbons (Fsp3) is 0.875. The summed E-state index contributed by atoms with van der Waals surface area (Å²) in [5, 5.41) is 21.6. The van der Waals surface area contributed by atoms with E-state index < -0.39 is 24.6 Å². The van der Waals surface area contributed by atoms with Gasteiger partial charge in [-0.3, -0.25) is 4.79 Å². The fourth-order valence-corrected chi connectivity index (χ4v) is 2.74. The lowest BCUT2D eigenvalue weighted by Gasteiger charge is -2.20. The topological polar surface area (TPSA) is 88.0 Å². The summed E-state index contributed by atoms with van der Waals surface area (Å²) in [5.41, 5.74) is 0. The molecular formula is C8H13NO5S. The van der Waals surface area contributed by atoms with Gasteiger partial charge in [-0.2, -0.15) is 0 Å². The van der Waals surface area contributed by atoms with Gasteiger partial charge in [-0.15, -0.1) is 11.8 Å². The van der Waals surface area contributed by atoms with Gasteiger partial charge in [0, 0.05) is 7.11 Å². The van der Waals surface area contributed by atoms with Gasteiger partial charge in [0.25, 0.3) is 0 Å². The third kappa shape index (κ3) is 1.98. The molecule has 0 aromatic carbocycles. The predicted molar refractivity (Wildman–Crippen MR) is 52.1 cm³/mol. The molecule has 1 amide bonds. The van der Waals surface area contributed by atoms with Crippen molar-refractivity contribution in [3.63, 3.8) is 0 Å². The van der Waals surface area contributed by atoms with E-state index in [1.807, 2.05) is 0 Å². The molecule has 2 heterocycles. The summed E-state index contributed by atoms with van der Waals surface area (Å²) in [6.07, 6.45) is -3.56. The highest BCUT2D eigenvalue weighted by Gasteiger charge is 2.48. The number of carbonyl (C=O) groups is 1. The Bertz CT molecular complexity index is 263. The van der Waals surface area contributed by atoms with E-state index >= 15 is 0 Å². The quantitative estimate of drug-likeness (QED) is 0.527. The second-order valence-corrected chi connectivity index (χ2v) is 4.61. The van der Waals surface area contributed by atoms with Crippen LogP contribution in [0.1, 0.15) is 0 Å². The standard InChI is InChI=1S/C8H13NO5S/c1-13-8-5(12)4(11)6(14-8)7-9-3(10)2-15-7/h4-8,11-12H,2H2,1H3,(H,9,10)/t4-,5+,6+,7?,8+/m0/s1. The number of methoxy groups -OCH3 is 1. The number of carbonyl (C=O) groups excluding carboxylic acids is 1. The minimum atomic E-state index is -1.07. The van der Waals surface area contributed by atoms with E-state index in [4.69, 9.17) is 9.47 Å². The largest absolute Gasteiger partial charge is 0.387 e. The van der Waals surface area contributed by atoms with Crippen molar-refractivity contribution in [2.75, 3.05) is 12.9 Å². The lowest BCUT2D eigenvalue weighted by molar-refractivity contribution is -0.149. The third-order valence-electron chi connectivity index (χ3n) is 2.48. The summed E-state index contributed by atoms with van der Waals surface area (Å²) in [6, 6.07) is 0. The Hall–Kier alpha value is -0.340. The molecule has 2 aliphatic rings. The van der Waals surface area contributed by atoms with Crippen LogP contribution in [0.3, 0.4) is 0 Å². The average molecular weight is 235 g/mol. The van der Waals surface area contributed by atoms with Gasteiger partial charge in [-0.1, -0.05) is 0 Å². The van der Waals surface area contributed by atoms with Crippen molar-refractivity contribution in [1.29, 1.82) is 0 Å². The SMILES string of the molecule is CO[C@@H]1O[C@@H](C2NC(=O)CS2)[C@@H](O)[C@H]1O. The third-order valence-corrected chi connectivity index (χ3v) is 3.66. The zero-order chi connectivity index (χ0) is 11.0. The maximum absolute atomic E-state index is 11.0. The summed E-state index contributed by atoms with van der Waals surface area (Å²) in [6.45, 7) is 0. The summed E-state index contributed by atoms with van der Waals surface area (Å²) < 4.78 is 10.2. The van der Waals surface area contributed by atoms with Crippen molar-refractivity contribution < 1.29 is 24.5 Å². The number of aliphatic hydroxyl groups is 2. The Kier molecular flexibility index (Phi) is 3.17. The first-order chi connectivity index (χ1) is 7.13. The molecule has 86 valence electrons. The average Bonchev–Trinajstić information content (AvgIpc) is 2.74. The second kappa shape index (κ2) is 4.26. The number of nitrogens with one attached hydrogen (secondary N) is 1. The Morgan fingerprint density at radius 1 is 1.53 bits per heavy atom. The number of rotatable bonds is 2. The molecule has 2 rings (SSSR count). The fourth-order valence-electron chi connectivity index (χ4n) is 1.70. The smallest absolute Gasteiger partial charge is 0.231 e. The molecule has 2 fully saturated rings. The highest BCUT2D eigenvalue weighted by molar-refractivity contribution is 8.01. The van der Waals surface area contributed by atoms with E-state index in [9.17, 15) is 15.0 Å². The Morgan fingerprint density at radius 2 is 2.27 bits per heavy atom. The molecule has 0 spiro atoms. The first kappa shape index (κ1) is 11.2. The lowest BCUT2D eigenvalue weighted by Crippen LogP contribution is -2.43. The summed E-state index contributed by atoms with van der Waals surface area (Å²) in [7, 11) is 1.39. The highest BCUT2D eigenvalue weighted by Crippen LogP contribution is 2.30. The Labute approximate surface area is 90.9 Å². The van der Waals surface area contributed by atoms with Crippen LogP contribution in [0.5, 0.6) is 0 Å². The molecule has 5 atom stereocenters. The maximum Gasteiger partial charge on any atom is 0.231 e. The maximum atomic E-state index is 11.0. The number of aliphatic hydroxyl groups excluding tert-OH is 2. The lowest BCUT2D eigenvalue weighted by atomic mass is 10.1. The van der Waals surface area contributed by atoms with Crippen LogP contribution >= 0.6 is 11.8 Å². The molecule has 1 unspecified atom stereocenters. The zero-order valence-corrected chi connectivity index (χ0v) is 8.94. The zero-order valence-electron chi connectivity index (χ0n) is 8.12. The number of hydrogen-bond donors (Lipinski definition) is 3. The molecule has 2 saturated heterocycles. The Morgan fingerprint density at radius 3 is 2.73 bits per heavy atom. The first-order valence-electron chi connectivity index (χ1n) is 4.59. The van der Waals surface area contributed by atoms with E-state index in [-0.39, 0.29) is 11.3 Å². The molecule has 6 nitrogen and oxygen atoms in total. The van der Waals surface area contributed by atoms with E-state index in [1.165, 1.54) is 18.9 Å². The summed E-state index contributed by atoms with van der Waals surface area (Å²) in [5.74, 6) is 0.265. The molecule has 0 aromatic rings. The molecular weight excluding hydrogens is 222 g/mol. The van der Waals surface area contributed by atoms with Crippen LogP contribution in [0.25, 0.3) is 0 Å². The monoisotopic (exact) mass is 235 g/mol. The van der Waals surface area contributed by atoms with E-state index in [2.05, 4.69) is 5.32 Å². The molecule has 0 radical (unpaired) electrons. The van der Waals surface area contributed by atoms with Crippen LogP contribution in [0, 0.1) is 0 Å². The minimum absolute atomic E-state index is 0.0869. The van der Waals surface area contributed by atoms with Gasteiger partial charge in [0.15, 0.2) is 6.29 Å². The molecule has 15 heavy (non-hydrogen) atoms. The summed E-state index contributed by atoms with van der Waals surface area (Å²) >= 11 is 1.35. The van der Waals surface area contributed by atoms with Crippen LogP contribution in [-0.4, -0.2) is 59.0 Å². The number of amides is 1. The van der Waals surface area contributed by atoms with Gasteiger partial charge in [0.1, 0.15) is 23.7 Å². The van der Waals surface area contributed by atoms with Crippen LogP contribution in [-0.2, 0) is 14.3 Å². The van der Waals surface area contributed by atoms with Gasteiger partial charge in [0.05, 0.1) is 5.75 Å². The van der Waals surface area contributed by atoms with Gasteiger partial charge in [-0.05, 0) is 0 Å². The normalized spacial score (nSPS) is 45.8. The minimum Gasteiger partial charge on any atom is -0.387 e. The van der Waals surface area contributed by atoms with Crippen LogP contribution < -0.4 is 5.32 Å². The number of hydrogen-bond acceptors (Lipinski definition) is 6. The van der Waals surface area contributed by atoms with Gasteiger partial charge in [0.2, 0.25) is 5.91 Å². The number of ether oxygens (including phenoxy) is 2. The Balaban J connectivity index is 2.01. The highest BCUT2D eigenvalue weighted by atomic mass is 32.2. The number of thioether (sulfide) groups is 1. The van der Waals surface area contributed by atoms with Crippen LogP contribution in [0.15, 0.2) is 0 Å². The van der Waals surface area contributed by atoms with Crippen molar-refractivity contribution in [3.8, 4) is 0 Å². The second-order valence-electron chi connectivity index (χ2n) is 3.49. The van der Waals surface area contributed by atoms with Crippen molar-refractivity contribution in [3.05, 3.63) is 0 Å². The molecule has 7 heteroatoms. The van der Waals surface area contributed by atoms with Gasteiger partial charge >= 0.3 is 0 Å². The first-order valence-corrected chi connectivity index (χ1v) is 5.63. The van der Waals surface area contributed by atoms with E-state index in [0.717, 1.165) is 0 Å². The molecule has 0 saturated carbocycles. The van der Waals surface area contributed by atoms with E-state index in [0.29, 0.717) is 5.75 Å². The predicted octanol–water partition coefficient (Wildman–Crippen LogP) is -1.73. The van der Waals surface area contributed by atoms with Gasteiger partial charge in [-0.25, -0.2) is 0 Å². The molecule has 3 N–H and O–H groups in total.